The standard InChI is InChI=1S/C95H98N4O11S/c1-64(2)53-84(92(106)107)97-90(104)70(54-65-31-13-6-14-32-65)59-86(100)82(57-67-35-17-8-18-36-67)96-89(103)72(56-69-49-51-76(52-50-69)110-94(3,4)5)61-88(102)85(63-111-95(73-39-21-10-22-40-73,74-41-23-11-24-42-74)75-43-25-12-26-44-75)98-91(105)71(55-66-33-15-7-16-34-66)60-87(101)83(58-68-37-19-9-20-38-68)99-93(108)109-62-81-79-47-29-27-45-77(79)78-46-28-30-48-80(78)81/h6-52,64,70-72,81-85H,53-63H2,1-5H3,(H,96,103)(H,97,104)(H,98,105)(H,99,108)(H,106,107)/t70-,71-,72-,82+,83+,84+,85+/m1/s1. The summed E-state index contributed by atoms with van der Waals surface area (Å²) in [6.07, 6.45) is -1.68. The van der Waals surface area contributed by atoms with E-state index in [0.717, 1.165) is 55.6 Å². The number of carbonyl (C=O) groups is 8. The Bertz CT molecular complexity index is 4600. The molecule has 570 valence electrons. The maximum Gasteiger partial charge on any atom is 0.407 e. The highest BCUT2D eigenvalue weighted by atomic mass is 32.2. The smallest absolute Gasteiger partial charge is 0.407 e. The number of benzene rings is 10. The molecule has 7 atom stereocenters. The first-order chi connectivity index (χ1) is 53.7. The number of ketones is 3. The fraction of sp³-hybridized carbons (Fsp3) is 0.284. The zero-order chi connectivity index (χ0) is 78.3. The number of nitrogens with one attached hydrogen (secondary N) is 4. The summed E-state index contributed by atoms with van der Waals surface area (Å²) < 4.78 is 11.3. The molecule has 0 aliphatic heterocycles. The number of rotatable bonds is 38. The summed E-state index contributed by atoms with van der Waals surface area (Å²) in [6, 6.07) is 85.0. The maximum absolute atomic E-state index is 16.4. The predicted octanol–water partition coefficient (Wildman–Crippen LogP) is 16.3. The second-order valence-electron chi connectivity index (χ2n) is 30.2. The molecule has 10 aromatic rings. The van der Waals surface area contributed by atoms with Crippen LogP contribution >= 0.6 is 11.8 Å². The highest BCUT2D eigenvalue weighted by Crippen LogP contribution is 2.49. The van der Waals surface area contributed by atoms with Crippen molar-refractivity contribution >= 4 is 58.9 Å². The number of thioether (sulfide) groups is 1. The Hall–Kier alpha value is -11.5. The quantitative estimate of drug-likeness (QED) is 0.0228. The van der Waals surface area contributed by atoms with Crippen molar-refractivity contribution in [3.8, 4) is 16.9 Å². The van der Waals surface area contributed by atoms with E-state index < -0.39 is 106 Å². The minimum Gasteiger partial charge on any atom is -0.488 e. The number of Topliss-reactive ketones (excluding diaryl/α,β-unsaturated/α-hetero) is 3. The fourth-order valence-corrected chi connectivity index (χ4v) is 16.4. The molecule has 0 fully saturated rings. The third-order valence-electron chi connectivity index (χ3n) is 20.3. The van der Waals surface area contributed by atoms with E-state index in [2.05, 4.69) is 33.4 Å². The predicted molar refractivity (Wildman–Crippen MR) is 437 cm³/mol. The minimum absolute atomic E-state index is 0.000494. The van der Waals surface area contributed by atoms with Crippen LogP contribution < -0.4 is 26.0 Å². The number of hydrogen-bond acceptors (Lipinski definition) is 11. The molecule has 0 bridgehead atoms. The van der Waals surface area contributed by atoms with E-state index in [4.69, 9.17) is 9.47 Å². The summed E-state index contributed by atoms with van der Waals surface area (Å²) in [5, 5.41) is 22.3. The van der Waals surface area contributed by atoms with Gasteiger partial charge in [-0.25, -0.2) is 9.59 Å². The number of amides is 4. The third-order valence-corrected chi connectivity index (χ3v) is 21.9. The van der Waals surface area contributed by atoms with Crippen molar-refractivity contribution in [1.82, 2.24) is 21.3 Å². The zero-order valence-electron chi connectivity index (χ0n) is 63.5. The van der Waals surface area contributed by atoms with Crippen molar-refractivity contribution in [2.24, 2.45) is 23.7 Å². The largest absolute Gasteiger partial charge is 0.488 e. The first-order valence-corrected chi connectivity index (χ1v) is 39.2. The highest BCUT2D eigenvalue weighted by molar-refractivity contribution is 8.00. The second-order valence-corrected chi connectivity index (χ2v) is 31.4. The number of aliphatic carboxylic acids is 1. The van der Waals surface area contributed by atoms with Gasteiger partial charge in [0.2, 0.25) is 17.7 Å². The average molecular weight is 1500 g/mol. The lowest BCUT2D eigenvalue weighted by molar-refractivity contribution is -0.143. The van der Waals surface area contributed by atoms with Crippen LogP contribution in [0.25, 0.3) is 11.1 Å². The van der Waals surface area contributed by atoms with Crippen LogP contribution in [0.3, 0.4) is 0 Å². The van der Waals surface area contributed by atoms with E-state index in [1.54, 1.807) is 12.1 Å². The molecule has 1 aliphatic rings. The molecular weight excluding hydrogens is 1410 g/mol. The lowest BCUT2D eigenvalue weighted by Crippen LogP contribution is -2.50. The number of ether oxygens (including phenoxy) is 2. The maximum atomic E-state index is 16.4. The Kier molecular flexibility index (Phi) is 28.1. The van der Waals surface area contributed by atoms with Crippen LogP contribution in [0, 0.1) is 23.7 Å². The number of carbonyl (C=O) groups excluding carboxylic acids is 7. The summed E-state index contributed by atoms with van der Waals surface area (Å²) in [7, 11) is 0. The summed E-state index contributed by atoms with van der Waals surface area (Å²) in [5.41, 5.74) is 9.87. The van der Waals surface area contributed by atoms with Crippen LogP contribution in [0.1, 0.15) is 122 Å². The Morgan fingerprint density at radius 1 is 0.387 bits per heavy atom. The van der Waals surface area contributed by atoms with Gasteiger partial charge in [-0.3, -0.25) is 28.8 Å². The van der Waals surface area contributed by atoms with E-state index >= 15 is 24.0 Å². The van der Waals surface area contributed by atoms with Crippen molar-refractivity contribution < 1.29 is 52.9 Å². The van der Waals surface area contributed by atoms with Gasteiger partial charge in [0.1, 0.15) is 24.0 Å². The molecule has 0 unspecified atom stereocenters. The fourth-order valence-electron chi connectivity index (χ4n) is 14.8. The Balaban J connectivity index is 0.955. The lowest BCUT2D eigenvalue weighted by atomic mass is 9.84. The summed E-state index contributed by atoms with van der Waals surface area (Å²) in [5.74, 6) is -7.77. The normalized spacial score (nSPS) is 13.8. The molecule has 0 heterocycles. The van der Waals surface area contributed by atoms with E-state index in [1.807, 2.05) is 295 Å². The Labute approximate surface area is 655 Å². The first kappa shape index (κ1) is 80.5. The van der Waals surface area contributed by atoms with E-state index in [-0.39, 0.29) is 75.6 Å². The van der Waals surface area contributed by atoms with Crippen LogP contribution in [-0.4, -0.2) is 94.4 Å². The molecule has 11 rings (SSSR count). The van der Waals surface area contributed by atoms with Crippen LogP contribution in [-0.2, 0) is 75.1 Å². The van der Waals surface area contributed by atoms with Crippen molar-refractivity contribution in [1.29, 1.82) is 0 Å². The van der Waals surface area contributed by atoms with Gasteiger partial charge in [-0.1, -0.05) is 287 Å². The van der Waals surface area contributed by atoms with Gasteiger partial charge in [0.25, 0.3) is 0 Å². The molecule has 111 heavy (non-hydrogen) atoms. The molecular formula is C95H98N4O11S. The van der Waals surface area contributed by atoms with E-state index in [9.17, 15) is 19.5 Å². The van der Waals surface area contributed by atoms with E-state index in [1.165, 1.54) is 11.8 Å². The van der Waals surface area contributed by atoms with Gasteiger partial charge in [-0.2, -0.15) is 0 Å². The molecule has 0 radical (unpaired) electrons. The van der Waals surface area contributed by atoms with Crippen LogP contribution in [0.5, 0.6) is 5.75 Å². The zero-order valence-corrected chi connectivity index (χ0v) is 64.4. The molecule has 0 aromatic heterocycles. The average Bonchev–Trinajstić information content (AvgIpc) is 1.62. The van der Waals surface area contributed by atoms with Crippen LogP contribution in [0.4, 0.5) is 4.79 Å². The van der Waals surface area contributed by atoms with Crippen molar-refractivity contribution in [2.45, 2.75) is 133 Å². The van der Waals surface area contributed by atoms with Gasteiger partial charge in [-0.05, 0) is 144 Å². The monoisotopic (exact) mass is 1500 g/mol. The Morgan fingerprint density at radius 2 is 0.712 bits per heavy atom. The topological polar surface area (TPSA) is 223 Å². The molecule has 0 saturated carbocycles. The number of alkyl carbamates (subject to hydrolysis) is 1. The molecule has 15 nitrogen and oxygen atoms in total. The van der Waals surface area contributed by atoms with Crippen LogP contribution in [0.15, 0.2) is 285 Å². The van der Waals surface area contributed by atoms with E-state index in [0.29, 0.717) is 16.9 Å². The highest BCUT2D eigenvalue weighted by Gasteiger charge is 2.42. The van der Waals surface area contributed by atoms with Crippen molar-refractivity contribution in [3.63, 3.8) is 0 Å². The van der Waals surface area contributed by atoms with Gasteiger partial charge in [0, 0.05) is 48.7 Å². The molecule has 16 heteroatoms. The lowest BCUT2D eigenvalue weighted by Gasteiger charge is -2.37. The second kappa shape index (κ2) is 38.7. The summed E-state index contributed by atoms with van der Waals surface area (Å²) >= 11 is 1.44. The van der Waals surface area contributed by atoms with Gasteiger partial charge in [0.05, 0.1) is 22.9 Å². The van der Waals surface area contributed by atoms with Crippen molar-refractivity contribution in [3.05, 3.63) is 341 Å². The number of carboxylic acid groups (broad SMARTS) is 1. The van der Waals surface area contributed by atoms with Gasteiger partial charge in [0.15, 0.2) is 17.3 Å². The molecule has 5 N–H and O–H groups in total. The Morgan fingerprint density at radius 3 is 1.09 bits per heavy atom. The number of carboxylic acids is 1. The van der Waals surface area contributed by atoms with Crippen LogP contribution in [0.2, 0.25) is 0 Å². The molecule has 0 spiro atoms. The number of hydrogen-bond donors (Lipinski definition) is 5. The minimum atomic E-state index is -1.35. The first-order valence-electron chi connectivity index (χ1n) is 38.2. The van der Waals surface area contributed by atoms with Gasteiger partial charge in [-0.15, -0.1) is 11.8 Å². The summed E-state index contributed by atoms with van der Waals surface area (Å²) in [6.45, 7) is 9.53. The molecule has 10 aromatic carbocycles. The molecule has 0 saturated heterocycles. The van der Waals surface area contributed by atoms with Gasteiger partial charge >= 0.3 is 12.1 Å². The number of fused-ring (bicyclic) bond motifs is 3. The van der Waals surface area contributed by atoms with Crippen molar-refractivity contribution in [2.75, 3.05) is 12.4 Å². The molecule has 1 aliphatic carbocycles. The SMILES string of the molecule is CC(C)C[C@H](NC(=O)[C@@H](CC(=O)[C@H](Cc1ccccc1)NC(=O)[C@@H](CC(=O)[C@H](CSC(c1ccccc1)(c1ccccc1)c1ccccc1)NC(=O)[C@@H](CC(=O)[C@H](Cc1ccccc1)NC(=O)OCC1c2ccccc2-c2ccccc21)Cc1ccccc1)Cc1ccc(OC(C)(C)C)cc1)Cc1ccccc1)C(=O)O. The molecule has 4 amide bonds. The van der Waals surface area contributed by atoms with Gasteiger partial charge < -0.3 is 35.8 Å². The summed E-state index contributed by atoms with van der Waals surface area (Å²) in [4.78, 5) is 121. The third kappa shape index (κ3) is 22.4.